The monoisotopic (exact) mass is 552 g/mol. The van der Waals surface area contributed by atoms with Crippen LogP contribution >= 0.6 is 0 Å². The highest BCUT2D eigenvalue weighted by Gasteiger charge is 2.27. The number of allylic oxidation sites excluding steroid dienone is 8. The first kappa shape index (κ1) is 37.1. The van der Waals surface area contributed by atoms with E-state index in [9.17, 15) is 4.79 Å². The van der Waals surface area contributed by atoms with Crippen LogP contribution in [-0.2, 0) is 9.47 Å². The molecule has 0 aliphatic rings. The van der Waals surface area contributed by atoms with Gasteiger partial charge in [0, 0.05) is 12.7 Å². The molecular formula is C36H56O4. The Bertz CT molecular complexity index is 1130. The normalized spacial score (nSPS) is 14.8. The van der Waals surface area contributed by atoms with E-state index in [1.807, 2.05) is 39.8 Å². The molecule has 4 heteroatoms. The van der Waals surface area contributed by atoms with Gasteiger partial charge in [-0.15, -0.1) is 0 Å². The van der Waals surface area contributed by atoms with Crippen molar-refractivity contribution in [2.75, 3.05) is 20.8 Å². The largest absolute Gasteiger partial charge is 0.496 e. The van der Waals surface area contributed by atoms with Crippen molar-refractivity contribution in [3.05, 3.63) is 88.7 Å². The molecule has 1 aromatic heterocycles. The summed E-state index contributed by atoms with van der Waals surface area (Å²) in [5, 5.41) is 0. The van der Waals surface area contributed by atoms with E-state index < -0.39 is 5.92 Å². The zero-order valence-corrected chi connectivity index (χ0v) is 27.9. The molecule has 40 heavy (non-hydrogen) atoms. The molecule has 4 nitrogen and oxygen atoms in total. The molecular weight excluding hydrogens is 496 g/mol. The molecule has 0 N–H and O–H groups in total. The van der Waals surface area contributed by atoms with Gasteiger partial charge in [-0.25, -0.2) is 0 Å². The van der Waals surface area contributed by atoms with Crippen LogP contribution in [0.3, 0.4) is 0 Å². The van der Waals surface area contributed by atoms with Crippen molar-refractivity contribution in [1.82, 2.24) is 0 Å². The molecule has 0 radical (unpaired) electrons. The second-order valence-corrected chi connectivity index (χ2v) is 12.1. The summed E-state index contributed by atoms with van der Waals surface area (Å²) in [6, 6.07) is 3.56. The Morgan fingerprint density at radius 3 is 2.00 bits per heavy atom. The zero-order valence-electron chi connectivity index (χ0n) is 27.9. The minimum atomic E-state index is -0.496. The van der Waals surface area contributed by atoms with Gasteiger partial charge in [0.25, 0.3) is 0 Å². The summed E-state index contributed by atoms with van der Waals surface area (Å²) in [6.07, 6.45) is 6.49. The molecule has 0 saturated heterocycles. The summed E-state index contributed by atoms with van der Waals surface area (Å²) in [5.41, 5.74) is 6.51. The second-order valence-electron chi connectivity index (χ2n) is 12.1. The van der Waals surface area contributed by atoms with Crippen molar-refractivity contribution in [3.8, 4) is 0 Å². The number of Topliss-reactive ketones (excluding diaryl/α,β-unsaturated/α-hetero) is 1. The van der Waals surface area contributed by atoms with Gasteiger partial charge < -0.3 is 13.9 Å². The summed E-state index contributed by atoms with van der Waals surface area (Å²) < 4.78 is 16.7. The summed E-state index contributed by atoms with van der Waals surface area (Å²) >= 11 is 0. The summed E-state index contributed by atoms with van der Waals surface area (Å²) in [5.74, 6) is 0.845. The minimum absolute atomic E-state index is 0.0217. The third kappa shape index (κ3) is 10.6. The van der Waals surface area contributed by atoms with Crippen LogP contribution in [0.25, 0.3) is 5.57 Å². The smallest absolute Gasteiger partial charge is 0.205 e. The van der Waals surface area contributed by atoms with Crippen LogP contribution in [0.5, 0.6) is 0 Å². The summed E-state index contributed by atoms with van der Waals surface area (Å²) in [4.78, 5) is 13.5. The van der Waals surface area contributed by atoms with Crippen LogP contribution in [0.15, 0.2) is 81.6 Å². The van der Waals surface area contributed by atoms with Crippen LogP contribution in [0.2, 0.25) is 0 Å². The maximum atomic E-state index is 13.5. The number of hydrogen-bond donors (Lipinski definition) is 0. The lowest BCUT2D eigenvalue weighted by Gasteiger charge is -2.30. The molecule has 0 fully saturated rings. The fourth-order valence-electron chi connectivity index (χ4n) is 4.39. The quantitative estimate of drug-likeness (QED) is 0.147. The van der Waals surface area contributed by atoms with Gasteiger partial charge in [0.05, 0.1) is 19.6 Å². The Hall–Kier alpha value is -2.85. The summed E-state index contributed by atoms with van der Waals surface area (Å²) in [6.45, 7) is 34.2. The van der Waals surface area contributed by atoms with E-state index in [1.165, 1.54) is 16.7 Å². The number of carbonyl (C=O) groups excluding carboxylic acids is 1. The van der Waals surface area contributed by atoms with Gasteiger partial charge in [0.1, 0.15) is 11.5 Å². The second kappa shape index (κ2) is 16.4. The maximum Gasteiger partial charge on any atom is 0.205 e. The number of rotatable bonds is 12. The Labute approximate surface area is 245 Å². The van der Waals surface area contributed by atoms with Crippen molar-refractivity contribution in [1.29, 1.82) is 0 Å². The minimum Gasteiger partial charge on any atom is -0.496 e. The molecule has 1 aromatic rings. The van der Waals surface area contributed by atoms with Gasteiger partial charge >= 0.3 is 0 Å². The number of carbonyl (C=O) groups is 1. The lowest BCUT2D eigenvalue weighted by Crippen LogP contribution is -2.17. The molecule has 0 saturated carbocycles. The van der Waals surface area contributed by atoms with Crippen molar-refractivity contribution < 1.29 is 18.7 Å². The Morgan fingerprint density at radius 2 is 1.55 bits per heavy atom. The average Bonchev–Trinajstić information content (AvgIpc) is 3.38. The van der Waals surface area contributed by atoms with E-state index >= 15 is 0 Å². The van der Waals surface area contributed by atoms with Gasteiger partial charge in [-0.2, -0.15) is 0 Å². The molecule has 1 unspecified atom stereocenters. The molecule has 0 spiro atoms. The Morgan fingerprint density at radius 1 is 1.00 bits per heavy atom. The SMILES string of the molecule is C=C/C(OC)=C(\C(C)=C/COC)C(C)C(=O)c1ccc(C(=C)C/C(C)=C\C(=C(/C)C(C)(C)C)C(C)(C)C)o1.CC. The third-order valence-corrected chi connectivity index (χ3v) is 6.90. The maximum absolute atomic E-state index is 13.5. The lowest BCUT2D eigenvalue weighted by molar-refractivity contribution is 0.0917. The van der Waals surface area contributed by atoms with E-state index in [0.717, 1.165) is 16.7 Å². The van der Waals surface area contributed by atoms with Crippen molar-refractivity contribution in [2.45, 2.75) is 89.5 Å². The zero-order chi connectivity index (χ0) is 31.4. The van der Waals surface area contributed by atoms with E-state index in [-0.39, 0.29) is 16.6 Å². The van der Waals surface area contributed by atoms with Gasteiger partial charge in [0.2, 0.25) is 5.78 Å². The molecule has 1 heterocycles. The molecule has 0 aromatic carbocycles. The highest BCUT2D eigenvalue weighted by atomic mass is 16.5. The van der Waals surface area contributed by atoms with Gasteiger partial charge in [-0.05, 0) is 73.0 Å². The first-order chi connectivity index (χ1) is 18.5. The number of ether oxygens (including phenoxy) is 2. The fraction of sp³-hybridized carbons (Fsp3) is 0.528. The van der Waals surface area contributed by atoms with Crippen LogP contribution in [0.4, 0.5) is 0 Å². The highest BCUT2D eigenvalue weighted by molar-refractivity contribution is 5.98. The van der Waals surface area contributed by atoms with Gasteiger partial charge in [0.15, 0.2) is 5.76 Å². The summed E-state index contributed by atoms with van der Waals surface area (Å²) in [7, 11) is 3.21. The molecule has 0 amide bonds. The first-order valence-electron chi connectivity index (χ1n) is 14.3. The third-order valence-electron chi connectivity index (χ3n) is 6.90. The van der Waals surface area contributed by atoms with E-state index in [4.69, 9.17) is 13.9 Å². The van der Waals surface area contributed by atoms with E-state index in [0.29, 0.717) is 30.3 Å². The lowest BCUT2D eigenvalue weighted by atomic mass is 9.75. The van der Waals surface area contributed by atoms with Crippen molar-refractivity contribution >= 4 is 11.4 Å². The van der Waals surface area contributed by atoms with Crippen LogP contribution in [0.1, 0.15) is 106 Å². The van der Waals surface area contributed by atoms with Gasteiger partial charge in [-0.1, -0.05) is 98.8 Å². The molecule has 1 atom stereocenters. The fourth-order valence-corrected chi connectivity index (χ4v) is 4.39. The van der Waals surface area contributed by atoms with Gasteiger partial charge in [-0.3, -0.25) is 4.79 Å². The van der Waals surface area contributed by atoms with E-state index in [2.05, 4.69) is 74.6 Å². The predicted octanol–water partition coefficient (Wildman–Crippen LogP) is 10.6. The van der Waals surface area contributed by atoms with E-state index in [1.54, 1.807) is 26.4 Å². The predicted molar refractivity (Wildman–Crippen MR) is 172 cm³/mol. The molecule has 224 valence electrons. The first-order valence-corrected chi connectivity index (χ1v) is 14.3. The number of furan rings is 1. The molecule has 0 aliphatic carbocycles. The highest BCUT2D eigenvalue weighted by Crippen LogP contribution is 2.38. The number of ketones is 1. The van der Waals surface area contributed by atoms with Crippen LogP contribution < -0.4 is 0 Å². The molecule has 1 rings (SSSR count). The van der Waals surface area contributed by atoms with Crippen LogP contribution in [-0.4, -0.2) is 26.6 Å². The number of hydrogen-bond acceptors (Lipinski definition) is 4. The Kier molecular flexibility index (Phi) is 15.3. The topological polar surface area (TPSA) is 48.7 Å². The Balaban J connectivity index is 0.00000742. The van der Waals surface area contributed by atoms with Crippen molar-refractivity contribution in [3.63, 3.8) is 0 Å². The van der Waals surface area contributed by atoms with Crippen LogP contribution in [0, 0.1) is 16.7 Å². The van der Waals surface area contributed by atoms with Crippen molar-refractivity contribution in [2.24, 2.45) is 16.7 Å². The average molecular weight is 553 g/mol. The standard InChI is InChI=1S/C34H50O4.C2H6/c1-15-28(37-14)31(23(3)18-19-36-13)25(5)32(35)30-17-16-29(38-30)24(4)20-22(2)21-27(34(10,11)12)26(6)33(7,8)9;1-2/h15-18,21,25H,1,4,19-20H2,2-3,5-14H3;1-2H3/b22-21-,23-18-,27-26-,31-28-;. The molecule has 0 bridgehead atoms. The number of methoxy groups -OCH3 is 2. The molecule has 0 aliphatic heterocycles.